The number of hydrogen-bond acceptors (Lipinski definition) is 4. The van der Waals surface area contributed by atoms with Gasteiger partial charge in [-0.3, -0.25) is 14.4 Å². The molecule has 0 saturated carbocycles. The van der Waals surface area contributed by atoms with Gasteiger partial charge in [0.15, 0.2) is 5.78 Å². The number of fused-ring (bicyclic) bond motifs is 1. The van der Waals surface area contributed by atoms with Gasteiger partial charge in [0.25, 0.3) is 0 Å². The van der Waals surface area contributed by atoms with E-state index in [0.717, 1.165) is 16.3 Å². The molecule has 2 aromatic rings. The van der Waals surface area contributed by atoms with Gasteiger partial charge >= 0.3 is 5.97 Å². The van der Waals surface area contributed by atoms with Crippen molar-refractivity contribution in [2.24, 2.45) is 11.8 Å². The molecule has 5 heteroatoms. The van der Waals surface area contributed by atoms with Crippen LogP contribution in [-0.4, -0.2) is 24.3 Å². The van der Waals surface area contributed by atoms with Gasteiger partial charge in [0, 0.05) is 23.6 Å². The summed E-state index contributed by atoms with van der Waals surface area (Å²) in [5.41, 5.74) is 2.17. The first-order chi connectivity index (χ1) is 13.5. The van der Waals surface area contributed by atoms with E-state index in [1.807, 2.05) is 49.4 Å². The number of Topliss-reactive ketones (excluding diaryl/α,β-unsaturated/α-hetero) is 1. The van der Waals surface area contributed by atoms with Crippen LogP contribution in [-0.2, 0) is 19.1 Å². The maximum atomic E-state index is 13.4. The normalized spacial score (nSPS) is 24.7. The Kier molecular flexibility index (Phi) is 4.75. The number of ketones is 1. The van der Waals surface area contributed by atoms with Gasteiger partial charge in [0.2, 0.25) is 5.91 Å². The molecule has 1 heterocycles. The van der Waals surface area contributed by atoms with Gasteiger partial charge in [-0.15, -0.1) is 0 Å². The molecule has 0 spiro atoms. The van der Waals surface area contributed by atoms with E-state index in [4.69, 9.17) is 4.74 Å². The average molecular weight is 377 g/mol. The van der Waals surface area contributed by atoms with Crippen LogP contribution >= 0.6 is 0 Å². The van der Waals surface area contributed by atoms with E-state index >= 15 is 0 Å². The second-order valence-electron chi connectivity index (χ2n) is 7.54. The van der Waals surface area contributed by atoms with Gasteiger partial charge in [-0.1, -0.05) is 49.4 Å². The molecule has 4 rings (SSSR count). The summed E-state index contributed by atoms with van der Waals surface area (Å²) in [6, 6.07) is 13.9. The SMILES string of the molecule is CCOC(=O)C1C(=O)C2=C(CC1C)NC(=O)CC2c1cccc2ccccc12. The van der Waals surface area contributed by atoms with Crippen molar-refractivity contribution in [2.45, 2.75) is 32.6 Å². The molecule has 2 aliphatic rings. The Morgan fingerprint density at radius 2 is 1.86 bits per heavy atom. The fourth-order valence-electron chi connectivity index (χ4n) is 4.52. The maximum Gasteiger partial charge on any atom is 0.317 e. The predicted octanol–water partition coefficient (Wildman–Crippen LogP) is 3.49. The lowest BCUT2D eigenvalue weighted by Crippen LogP contribution is -2.44. The van der Waals surface area contributed by atoms with Crippen LogP contribution in [0, 0.1) is 11.8 Å². The average Bonchev–Trinajstić information content (AvgIpc) is 2.66. The summed E-state index contributed by atoms with van der Waals surface area (Å²) < 4.78 is 5.16. The van der Waals surface area contributed by atoms with E-state index in [1.165, 1.54) is 0 Å². The zero-order valence-corrected chi connectivity index (χ0v) is 16.0. The second-order valence-corrected chi connectivity index (χ2v) is 7.54. The fraction of sp³-hybridized carbons (Fsp3) is 0.348. The predicted molar refractivity (Wildman–Crippen MR) is 105 cm³/mol. The molecule has 1 N–H and O–H groups in total. The minimum atomic E-state index is -0.814. The van der Waals surface area contributed by atoms with Crippen molar-refractivity contribution in [2.75, 3.05) is 6.61 Å². The molecule has 28 heavy (non-hydrogen) atoms. The molecular weight excluding hydrogens is 354 g/mol. The van der Waals surface area contributed by atoms with Crippen molar-refractivity contribution in [3.8, 4) is 0 Å². The third-order valence-electron chi connectivity index (χ3n) is 5.74. The topological polar surface area (TPSA) is 72.5 Å². The van der Waals surface area contributed by atoms with Crippen molar-refractivity contribution in [1.29, 1.82) is 0 Å². The van der Waals surface area contributed by atoms with Crippen LogP contribution < -0.4 is 5.32 Å². The molecule has 0 fully saturated rings. The Hall–Kier alpha value is -2.95. The minimum absolute atomic E-state index is 0.0914. The molecule has 0 radical (unpaired) electrons. The van der Waals surface area contributed by atoms with E-state index in [-0.39, 0.29) is 36.6 Å². The van der Waals surface area contributed by atoms with Crippen LogP contribution in [0.1, 0.15) is 38.2 Å². The molecule has 1 aliphatic carbocycles. The highest BCUT2D eigenvalue weighted by atomic mass is 16.5. The largest absolute Gasteiger partial charge is 0.465 e. The fourth-order valence-corrected chi connectivity index (χ4v) is 4.52. The minimum Gasteiger partial charge on any atom is -0.465 e. The van der Waals surface area contributed by atoms with E-state index in [9.17, 15) is 14.4 Å². The highest BCUT2D eigenvalue weighted by molar-refractivity contribution is 6.12. The Balaban J connectivity index is 1.84. The molecule has 3 unspecified atom stereocenters. The molecule has 0 bridgehead atoms. The van der Waals surface area contributed by atoms with Gasteiger partial charge in [-0.25, -0.2) is 0 Å². The summed E-state index contributed by atoms with van der Waals surface area (Å²) >= 11 is 0. The van der Waals surface area contributed by atoms with Crippen LogP contribution in [0.15, 0.2) is 53.7 Å². The number of carbonyl (C=O) groups excluding carboxylic acids is 3. The number of esters is 1. The van der Waals surface area contributed by atoms with Gasteiger partial charge in [-0.05, 0) is 35.6 Å². The number of benzene rings is 2. The molecule has 2 aromatic carbocycles. The van der Waals surface area contributed by atoms with Gasteiger partial charge in [0.1, 0.15) is 5.92 Å². The van der Waals surface area contributed by atoms with Crippen molar-refractivity contribution in [3.05, 3.63) is 59.3 Å². The summed E-state index contributed by atoms with van der Waals surface area (Å²) in [6.07, 6.45) is 0.681. The van der Waals surface area contributed by atoms with E-state index < -0.39 is 11.9 Å². The molecule has 1 amide bonds. The molecule has 5 nitrogen and oxygen atoms in total. The van der Waals surface area contributed by atoms with E-state index in [2.05, 4.69) is 5.32 Å². The lowest BCUT2D eigenvalue weighted by molar-refractivity contribution is -0.153. The van der Waals surface area contributed by atoms with Crippen LogP contribution in [0.25, 0.3) is 10.8 Å². The van der Waals surface area contributed by atoms with Crippen molar-refractivity contribution in [1.82, 2.24) is 5.32 Å². The van der Waals surface area contributed by atoms with E-state index in [1.54, 1.807) is 6.92 Å². The molecule has 0 aromatic heterocycles. The third-order valence-corrected chi connectivity index (χ3v) is 5.74. The van der Waals surface area contributed by atoms with Gasteiger partial charge in [0.05, 0.1) is 6.61 Å². The van der Waals surface area contributed by atoms with Gasteiger partial charge < -0.3 is 10.1 Å². The summed E-state index contributed by atoms with van der Waals surface area (Å²) in [4.78, 5) is 38.3. The highest BCUT2D eigenvalue weighted by Crippen LogP contribution is 2.43. The molecule has 0 saturated heterocycles. The summed E-state index contributed by atoms with van der Waals surface area (Å²) in [5.74, 6) is -2.16. The number of rotatable bonds is 3. The first-order valence-corrected chi connectivity index (χ1v) is 9.72. The monoisotopic (exact) mass is 377 g/mol. The standard InChI is InChI=1S/C23H23NO4/c1-3-28-23(27)20-13(2)11-18-21(22(20)26)17(12-19(25)24-18)16-10-6-8-14-7-4-5-9-15(14)16/h4-10,13,17,20H,3,11-12H2,1-2H3,(H,24,25). The maximum absolute atomic E-state index is 13.4. The Labute approximate surface area is 163 Å². The smallest absolute Gasteiger partial charge is 0.317 e. The number of allylic oxidation sites excluding steroid dienone is 2. The molecule has 1 aliphatic heterocycles. The van der Waals surface area contributed by atoms with Gasteiger partial charge in [-0.2, -0.15) is 0 Å². The van der Waals surface area contributed by atoms with Crippen molar-refractivity contribution < 1.29 is 19.1 Å². The number of hydrogen-bond donors (Lipinski definition) is 1. The number of amides is 1. The Bertz CT molecular complexity index is 1000. The molecule has 3 atom stereocenters. The Morgan fingerprint density at radius 3 is 2.64 bits per heavy atom. The number of nitrogens with one attached hydrogen (secondary N) is 1. The van der Waals surface area contributed by atoms with E-state index in [0.29, 0.717) is 17.7 Å². The summed E-state index contributed by atoms with van der Waals surface area (Å²) in [7, 11) is 0. The van der Waals surface area contributed by atoms with Crippen LogP contribution in [0.3, 0.4) is 0 Å². The summed E-state index contributed by atoms with van der Waals surface area (Å²) in [6.45, 7) is 3.84. The highest BCUT2D eigenvalue weighted by Gasteiger charge is 2.45. The zero-order valence-electron chi connectivity index (χ0n) is 16.0. The van der Waals surface area contributed by atoms with Crippen LogP contribution in [0.2, 0.25) is 0 Å². The Morgan fingerprint density at radius 1 is 1.11 bits per heavy atom. The quantitative estimate of drug-likeness (QED) is 0.657. The lowest BCUT2D eigenvalue weighted by Gasteiger charge is -2.36. The van der Waals surface area contributed by atoms with Crippen LogP contribution in [0.4, 0.5) is 0 Å². The lowest BCUT2D eigenvalue weighted by atomic mass is 9.70. The number of ether oxygens (including phenoxy) is 1. The first kappa shape index (κ1) is 18.4. The van der Waals surface area contributed by atoms with Crippen molar-refractivity contribution in [3.63, 3.8) is 0 Å². The second kappa shape index (κ2) is 7.23. The molecule has 144 valence electrons. The van der Waals surface area contributed by atoms with Crippen molar-refractivity contribution >= 4 is 28.4 Å². The number of carbonyl (C=O) groups is 3. The molecular formula is C23H23NO4. The first-order valence-electron chi connectivity index (χ1n) is 9.72. The van der Waals surface area contributed by atoms with Crippen LogP contribution in [0.5, 0.6) is 0 Å². The zero-order chi connectivity index (χ0) is 19.8. The third kappa shape index (κ3) is 3.01. The summed E-state index contributed by atoms with van der Waals surface area (Å²) in [5, 5.41) is 4.97.